The maximum Gasteiger partial charge on any atom is 0.0631 e. The normalized spacial score (nSPS) is 18.7. The van der Waals surface area contributed by atoms with Crippen LogP contribution in [0.25, 0.3) is 0 Å². The molecule has 1 aliphatic rings. The standard InChI is InChI=1S/C15H23NOS/c1-10-4-7-15(18-12(3)11(2)17)13(8-10)9-16-14-5-6-14/h4,7-8,11-12,14,16-17H,5-6,9H2,1-3H3. The summed E-state index contributed by atoms with van der Waals surface area (Å²) in [5.41, 5.74) is 2.66. The lowest BCUT2D eigenvalue weighted by Gasteiger charge is -2.17. The van der Waals surface area contributed by atoms with Gasteiger partial charge in [0.05, 0.1) is 6.10 Å². The molecule has 0 aliphatic heterocycles. The molecule has 3 heteroatoms. The minimum atomic E-state index is -0.277. The lowest BCUT2D eigenvalue weighted by atomic mass is 10.1. The van der Waals surface area contributed by atoms with Crippen molar-refractivity contribution in [1.29, 1.82) is 0 Å². The predicted molar refractivity (Wildman–Crippen MR) is 78.0 cm³/mol. The van der Waals surface area contributed by atoms with Crippen LogP contribution in [-0.2, 0) is 6.54 Å². The molecular formula is C15H23NOS. The zero-order chi connectivity index (χ0) is 13.1. The van der Waals surface area contributed by atoms with Gasteiger partial charge >= 0.3 is 0 Å². The van der Waals surface area contributed by atoms with E-state index >= 15 is 0 Å². The van der Waals surface area contributed by atoms with Crippen molar-refractivity contribution in [2.75, 3.05) is 0 Å². The molecule has 1 aromatic carbocycles. The maximum atomic E-state index is 9.62. The highest BCUT2D eigenvalue weighted by Gasteiger charge is 2.21. The van der Waals surface area contributed by atoms with Gasteiger partial charge in [-0.3, -0.25) is 0 Å². The summed E-state index contributed by atoms with van der Waals surface area (Å²) in [7, 11) is 0. The van der Waals surface area contributed by atoms with Gasteiger partial charge in [0.2, 0.25) is 0 Å². The van der Waals surface area contributed by atoms with E-state index in [-0.39, 0.29) is 11.4 Å². The summed E-state index contributed by atoms with van der Waals surface area (Å²) in [6.45, 7) is 7.01. The zero-order valence-electron chi connectivity index (χ0n) is 11.4. The van der Waals surface area contributed by atoms with Crippen molar-refractivity contribution < 1.29 is 5.11 Å². The second-order valence-corrected chi connectivity index (χ2v) is 6.75. The smallest absolute Gasteiger partial charge is 0.0631 e. The molecule has 2 nitrogen and oxygen atoms in total. The molecule has 0 heterocycles. The van der Waals surface area contributed by atoms with E-state index in [0.717, 1.165) is 12.6 Å². The van der Waals surface area contributed by atoms with Crippen LogP contribution in [-0.4, -0.2) is 22.5 Å². The second kappa shape index (κ2) is 6.09. The van der Waals surface area contributed by atoms with Gasteiger partial charge in [-0.2, -0.15) is 0 Å². The molecule has 1 fully saturated rings. The fraction of sp³-hybridized carbons (Fsp3) is 0.600. The Hall–Kier alpha value is -0.510. The Bertz CT molecular complexity index is 401. The largest absolute Gasteiger partial charge is 0.392 e. The summed E-state index contributed by atoms with van der Waals surface area (Å²) in [5.74, 6) is 0. The van der Waals surface area contributed by atoms with E-state index in [1.54, 1.807) is 11.8 Å². The first-order chi connectivity index (χ1) is 8.56. The van der Waals surface area contributed by atoms with Crippen molar-refractivity contribution in [2.45, 2.75) is 62.4 Å². The Balaban J connectivity index is 2.06. The number of aliphatic hydroxyl groups excluding tert-OH is 1. The van der Waals surface area contributed by atoms with Crippen molar-refractivity contribution in [2.24, 2.45) is 0 Å². The Morgan fingerprint density at radius 2 is 2.11 bits per heavy atom. The third kappa shape index (κ3) is 4.01. The first-order valence-electron chi connectivity index (χ1n) is 6.74. The van der Waals surface area contributed by atoms with E-state index in [1.807, 2.05) is 6.92 Å². The Kier molecular flexibility index (Phi) is 4.71. The van der Waals surface area contributed by atoms with Crippen molar-refractivity contribution in [3.05, 3.63) is 29.3 Å². The van der Waals surface area contributed by atoms with E-state index in [9.17, 15) is 5.11 Å². The number of aliphatic hydroxyl groups is 1. The number of aryl methyl sites for hydroxylation is 1. The van der Waals surface area contributed by atoms with E-state index in [0.29, 0.717) is 0 Å². The number of benzene rings is 1. The minimum Gasteiger partial charge on any atom is -0.392 e. The van der Waals surface area contributed by atoms with Crippen LogP contribution >= 0.6 is 11.8 Å². The highest BCUT2D eigenvalue weighted by molar-refractivity contribution is 8.00. The molecule has 100 valence electrons. The molecule has 1 aliphatic carbocycles. The minimum absolute atomic E-state index is 0.229. The van der Waals surface area contributed by atoms with E-state index in [4.69, 9.17) is 0 Å². The first kappa shape index (κ1) is 13.9. The average molecular weight is 265 g/mol. The maximum absolute atomic E-state index is 9.62. The van der Waals surface area contributed by atoms with Gasteiger partial charge < -0.3 is 10.4 Å². The molecule has 2 atom stereocenters. The van der Waals surface area contributed by atoms with Crippen LogP contribution in [0.2, 0.25) is 0 Å². The van der Waals surface area contributed by atoms with E-state index in [1.165, 1.54) is 28.9 Å². The van der Waals surface area contributed by atoms with Crippen molar-refractivity contribution in [3.8, 4) is 0 Å². The molecule has 0 saturated heterocycles. The van der Waals surface area contributed by atoms with Crippen LogP contribution in [0.5, 0.6) is 0 Å². The summed E-state index contributed by atoms with van der Waals surface area (Å²) < 4.78 is 0. The molecule has 18 heavy (non-hydrogen) atoms. The number of hydrogen-bond acceptors (Lipinski definition) is 3. The van der Waals surface area contributed by atoms with Crippen molar-refractivity contribution in [1.82, 2.24) is 5.32 Å². The molecule has 0 bridgehead atoms. The molecule has 1 saturated carbocycles. The van der Waals surface area contributed by atoms with Gasteiger partial charge in [0, 0.05) is 22.7 Å². The van der Waals surface area contributed by atoms with Crippen LogP contribution < -0.4 is 5.32 Å². The van der Waals surface area contributed by atoms with Gasteiger partial charge in [-0.1, -0.05) is 24.6 Å². The lowest BCUT2D eigenvalue weighted by molar-refractivity contribution is 0.196. The number of nitrogens with one attached hydrogen (secondary N) is 1. The molecule has 2 rings (SSSR count). The summed E-state index contributed by atoms with van der Waals surface area (Å²) in [5, 5.41) is 13.4. The van der Waals surface area contributed by atoms with E-state index in [2.05, 4.69) is 37.4 Å². The van der Waals surface area contributed by atoms with Crippen LogP contribution in [0.3, 0.4) is 0 Å². The molecule has 0 aromatic heterocycles. The van der Waals surface area contributed by atoms with Gasteiger partial charge in [-0.25, -0.2) is 0 Å². The summed E-state index contributed by atoms with van der Waals surface area (Å²) in [4.78, 5) is 1.29. The lowest BCUT2D eigenvalue weighted by Crippen LogP contribution is -2.18. The topological polar surface area (TPSA) is 32.3 Å². The Labute approximate surface area is 114 Å². The Morgan fingerprint density at radius 1 is 1.39 bits per heavy atom. The fourth-order valence-electron chi connectivity index (χ4n) is 1.80. The summed E-state index contributed by atoms with van der Waals surface area (Å²) in [6, 6.07) is 7.32. The van der Waals surface area contributed by atoms with E-state index < -0.39 is 0 Å². The SMILES string of the molecule is Cc1ccc(SC(C)C(C)O)c(CNC2CC2)c1. The third-order valence-electron chi connectivity index (χ3n) is 3.37. The van der Waals surface area contributed by atoms with Gasteiger partial charge in [0.25, 0.3) is 0 Å². The quantitative estimate of drug-likeness (QED) is 0.775. The van der Waals surface area contributed by atoms with Gasteiger partial charge in [0.1, 0.15) is 0 Å². The van der Waals surface area contributed by atoms with Crippen LogP contribution in [0.4, 0.5) is 0 Å². The molecule has 2 N–H and O–H groups in total. The Morgan fingerprint density at radius 3 is 2.72 bits per heavy atom. The predicted octanol–water partition coefficient (Wildman–Crippen LogP) is 3.11. The molecule has 0 spiro atoms. The molecule has 0 amide bonds. The molecule has 2 unspecified atom stereocenters. The molecule has 0 radical (unpaired) electrons. The van der Waals surface area contributed by atoms with Crippen LogP contribution in [0.1, 0.15) is 37.8 Å². The van der Waals surface area contributed by atoms with Gasteiger partial charge in [-0.05, 0) is 38.3 Å². The first-order valence-corrected chi connectivity index (χ1v) is 7.62. The van der Waals surface area contributed by atoms with Gasteiger partial charge in [0.15, 0.2) is 0 Å². The zero-order valence-corrected chi connectivity index (χ0v) is 12.3. The third-order valence-corrected chi connectivity index (χ3v) is 4.78. The summed E-state index contributed by atoms with van der Waals surface area (Å²) in [6.07, 6.45) is 2.36. The molecular weight excluding hydrogens is 242 g/mol. The second-order valence-electron chi connectivity index (χ2n) is 5.33. The highest BCUT2D eigenvalue weighted by Crippen LogP contribution is 2.30. The summed E-state index contributed by atoms with van der Waals surface area (Å²) >= 11 is 1.77. The number of rotatable bonds is 6. The average Bonchev–Trinajstić information content (AvgIpc) is 3.13. The fourth-order valence-corrected chi connectivity index (χ4v) is 2.83. The highest BCUT2D eigenvalue weighted by atomic mass is 32.2. The van der Waals surface area contributed by atoms with Gasteiger partial charge in [-0.15, -0.1) is 11.8 Å². The number of hydrogen-bond donors (Lipinski definition) is 2. The molecule has 1 aromatic rings. The van der Waals surface area contributed by atoms with Crippen molar-refractivity contribution in [3.63, 3.8) is 0 Å². The number of thioether (sulfide) groups is 1. The van der Waals surface area contributed by atoms with Crippen molar-refractivity contribution >= 4 is 11.8 Å². The van der Waals surface area contributed by atoms with Crippen LogP contribution in [0, 0.1) is 6.92 Å². The monoisotopic (exact) mass is 265 g/mol. The van der Waals surface area contributed by atoms with Crippen LogP contribution in [0.15, 0.2) is 23.1 Å².